The molecule has 3 rings (SSSR count). The third-order valence-corrected chi connectivity index (χ3v) is 4.65. The van der Waals surface area contributed by atoms with E-state index in [0.29, 0.717) is 17.9 Å². The highest BCUT2D eigenvalue weighted by molar-refractivity contribution is 9.10. The topological polar surface area (TPSA) is 51.2 Å². The van der Waals surface area contributed by atoms with E-state index in [2.05, 4.69) is 26.2 Å². The second-order valence-corrected chi connectivity index (χ2v) is 6.80. The number of hydrogen-bond acceptors (Lipinski definition) is 4. The first kappa shape index (κ1) is 16.7. The number of carbonyl (C=O) groups is 1. The fraction of sp³-hybridized carbons (Fsp3) is 0.111. The quantitative estimate of drug-likeness (QED) is 0.649. The molecule has 4 nitrogen and oxygen atoms in total. The molecule has 2 aromatic carbocycles. The number of hydrogen-bond donors (Lipinski definition) is 1. The van der Waals surface area contributed by atoms with Gasteiger partial charge in [0.2, 0.25) is 0 Å². The van der Waals surface area contributed by atoms with Crippen LogP contribution in [-0.4, -0.2) is 10.9 Å². The number of nitrogens with one attached hydrogen (secondary N) is 1. The molecule has 0 radical (unpaired) electrons. The lowest BCUT2D eigenvalue weighted by Gasteiger charge is -2.09. The zero-order valence-electron chi connectivity index (χ0n) is 13.0. The standard InChI is InChI=1S/C18H15BrN2O2S/c1-12-2-7-17(16(19)8-12)21-18(22)13-3-5-15(6-4-13)23-9-14-10-24-11-20-14/h2-8,10-11H,9H2,1H3,(H,21,22). The van der Waals surface area contributed by atoms with E-state index >= 15 is 0 Å². The Hall–Kier alpha value is -2.18. The summed E-state index contributed by atoms with van der Waals surface area (Å²) in [5.41, 5.74) is 5.11. The maximum atomic E-state index is 12.3. The van der Waals surface area contributed by atoms with Gasteiger partial charge in [-0.3, -0.25) is 4.79 Å². The molecular weight excluding hydrogens is 388 g/mol. The Labute approximate surface area is 152 Å². The fourth-order valence-corrected chi connectivity index (χ4v) is 3.22. The van der Waals surface area contributed by atoms with Gasteiger partial charge in [0.1, 0.15) is 12.4 Å². The van der Waals surface area contributed by atoms with Gasteiger partial charge in [-0.15, -0.1) is 11.3 Å². The first-order chi connectivity index (χ1) is 11.6. The summed E-state index contributed by atoms with van der Waals surface area (Å²) in [6.45, 7) is 2.42. The van der Waals surface area contributed by atoms with Gasteiger partial charge in [0, 0.05) is 15.4 Å². The van der Waals surface area contributed by atoms with Crippen molar-refractivity contribution in [1.82, 2.24) is 4.98 Å². The number of ether oxygens (including phenoxy) is 1. The number of thiazole rings is 1. The van der Waals surface area contributed by atoms with Gasteiger partial charge in [-0.25, -0.2) is 4.98 Å². The van der Waals surface area contributed by atoms with Crippen molar-refractivity contribution in [2.45, 2.75) is 13.5 Å². The maximum absolute atomic E-state index is 12.3. The van der Waals surface area contributed by atoms with Crippen LogP contribution < -0.4 is 10.1 Å². The van der Waals surface area contributed by atoms with Crippen molar-refractivity contribution in [1.29, 1.82) is 0 Å². The molecule has 6 heteroatoms. The normalized spacial score (nSPS) is 10.4. The van der Waals surface area contributed by atoms with Crippen LogP contribution in [0.5, 0.6) is 5.75 Å². The monoisotopic (exact) mass is 402 g/mol. The van der Waals surface area contributed by atoms with Crippen molar-refractivity contribution in [2.24, 2.45) is 0 Å². The number of aromatic nitrogens is 1. The number of halogens is 1. The Balaban J connectivity index is 1.63. The Morgan fingerprint density at radius 1 is 1.25 bits per heavy atom. The van der Waals surface area contributed by atoms with Gasteiger partial charge >= 0.3 is 0 Å². The number of aryl methyl sites for hydroxylation is 1. The summed E-state index contributed by atoms with van der Waals surface area (Å²) in [6, 6.07) is 12.8. The van der Waals surface area contributed by atoms with Crippen LogP contribution in [-0.2, 0) is 6.61 Å². The van der Waals surface area contributed by atoms with Crippen LogP contribution in [0, 0.1) is 6.92 Å². The van der Waals surface area contributed by atoms with Gasteiger partial charge in [-0.2, -0.15) is 0 Å². The minimum Gasteiger partial charge on any atom is -0.487 e. The minimum atomic E-state index is -0.161. The summed E-state index contributed by atoms with van der Waals surface area (Å²) in [4.78, 5) is 16.5. The molecule has 0 spiro atoms. The molecule has 0 aliphatic rings. The van der Waals surface area contributed by atoms with Crippen LogP contribution in [0.1, 0.15) is 21.6 Å². The fourth-order valence-electron chi connectivity index (χ4n) is 2.08. The van der Waals surface area contributed by atoms with Crippen LogP contribution >= 0.6 is 27.3 Å². The van der Waals surface area contributed by atoms with Gasteiger partial charge < -0.3 is 10.1 Å². The number of anilines is 1. The van der Waals surface area contributed by atoms with E-state index in [0.717, 1.165) is 21.4 Å². The molecule has 1 amide bonds. The van der Waals surface area contributed by atoms with E-state index in [4.69, 9.17) is 4.74 Å². The van der Waals surface area contributed by atoms with Crippen molar-refractivity contribution in [3.05, 3.63) is 74.6 Å². The third-order valence-electron chi connectivity index (χ3n) is 3.36. The lowest BCUT2D eigenvalue weighted by atomic mass is 10.2. The van der Waals surface area contributed by atoms with E-state index in [1.807, 2.05) is 30.5 Å². The van der Waals surface area contributed by atoms with Crippen LogP contribution in [0.2, 0.25) is 0 Å². The largest absolute Gasteiger partial charge is 0.487 e. The van der Waals surface area contributed by atoms with Crippen molar-refractivity contribution in [3.63, 3.8) is 0 Å². The van der Waals surface area contributed by atoms with Crippen LogP contribution in [0.25, 0.3) is 0 Å². The second-order valence-electron chi connectivity index (χ2n) is 5.23. The van der Waals surface area contributed by atoms with E-state index in [9.17, 15) is 4.79 Å². The summed E-state index contributed by atoms with van der Waals surface area (Å²) >= 11 is 5.00. The van der Waals surface area contributed by atoms with Crippen LogP contribution in [0.4, 0.5) is 5.69 Å². The molecule has 1 N–H and O–H groups in total. The number of benzene rings is 2. The molecule has 122 valence electrons. The second kappa shape index (κ2) is 7.59. The molecule has 0 fully saturated rings. The maximum Gasteiger partial charge on any atom is 0.255 e. The Bertz CT molecular complexity index is 833. The van der Waals surface area contributed by atoms with Crippen molar-refractivity contribution < 1.29 is 9.53 Å². The molecule has 1 heterocycles. The smallest absolute Gasteiger partial charge is 0.255 e. The molecule has 3 aromatic rings. The Kier molecular flexibility index (Phi) is 5.27. The lowest BCUT2D eigenvalue weighted by molar-refractivity contribution is 0.102. The van der Waals surface area contributed by atoms with Gasteiger partial charge in [0.15, 0.2) is 0 Å². The number of carbonyl (C=O) groups excluding carboxylic acids is 1. The van der Waals surface area contributed by atoms with Gasteiger partial charge in [0.05, 0.1) is 16.9 Å². The first-order valence-electron chi connectivity index (χ1n) is 7.29. The molecule has 0 unspecified atom stereocenters. The number of nitrogens with zero attached hydrogens (tertiary/aromatic N) is 1. The molecule has 24 heavy (non-hydrogen) atoms. The molecule has 0 bridgehead atoms. The summed E-state index contributed by atoms with van der Waals surface area (Å²) in [7, 11) is 0. The minimum absolute atomic E-state index is 0.161. The first-order valence-corrected chi connectivity index (χ1v) is 9.03. The van der Waals surface area contributed by atoms with Crippen molar-refractivity contribution >= 4 is 38.9 Å². The number of rotatable bonds is 5. The zero-order valence-corrected chi connectivity index (χ0v) is 15.4. The molecule has 0 aliphatic carbocycles. The highest BCUT2D eigenvalue weighted by Crippen LogP contribution is 2.24. The molecule has 0 saturated heterocycles. The summed E-state index contributed by atoms with van der Waals surface area (Å²) in [6.07, 6.45) is 0. The molecule has 1 aromatic heterocycles. The van der Waals surface area contributed by atoms with Gasteiger partial charge in [-0.05, 0) is 64.8 Å². The molecule has 0 atom stereocenters. The molecule has 0 saturated carbocycles. The van der Waals surface area contributed by atoms with E-state index in [1.54, 1.807) is 29.8 Å². The summed E-state index contributed by atoms with van der Waals surface area (Å²) in [5, 5.41) is 4.84. The van der Waals surface area contributed by atoms with Crippen LogP contribution in [0.15, 0.2) is 57.8 Å². The molecular formula is C18H15BrN2O2S. The van der Waals surface area contributed by atoms with Gasteiger partial charge in [-0.1, -0.05) is 6.07 Å². The SMILES string of the molecule is Cc1ccc(NC(=O)c2ccc(OCc3cscn3)cc2)c(Br)c1. The summed E-state index contributed by atoms with van der Waals surface area (Å²) < 4.78 is 6.50. The predicted octanol–water partition coefficient (Wildman–Crippen LogP) is 5.05. The highest BCUT2D eigenvalue weighted by atomic mass is 79.9. The van der Waals surface area contributed by atoms with E-state index in [1.165, 1.54) is 11.3 Å². The highest BCUT2D eigenvalue weighted by Gasteiger charge is 2.09. The molecule has 0 aliphatic heterocycles. The zero-order chi connectivity index (χ0) is 16.9. The van der Waals surface area contributed by atoms with Crippen LogP contribution in [0.3, 0.4) is 0 Å². The average Bonchev–Trinajstić information content (AvgIpc) is 3.09. The van der Waals surface area contributed by atoms with Crippen molar-refractivity contribution in [2.75, 3.05) is 5.32 Å². The Morgan fingerprint density at radius 3 is 2.71 bits per heavy atom. The third kappa shape index (κ3) is 4.21. The average molecular weight is 403 g/mol. The van der Waals surface area contributed by atoms with E-state index < -0.39 is 0 Å². The van der Waals surface area contributed by atoms with Crippen molar-refractivity contribution in [3.8, 4) is 5.75 Å². The lowest BCUT2D eigenvalue weighted by Crippen LogP contribution is -2.12. The predicted molar refractivity (Wildman–Crippen MR) is 99.7 cm³/mol. The Morgan fingerprint density at radius 2 is 2.04 bits per heavy atom. The van der Waals surface area contributed by atoms with Gasteiger partial charge in [0.25, 0.3) is 5.91 Å². The number of amides is 1. The van der Waals surface area contributed by atoms with E-state index in [-0.39, 0.29) is 5.91 Å². The summed E-state index contributed by atoms with van der Waals surface area (Å²) in [5.74, 6) is 0.543.